The van der Waals surface area contributed by atoms with E-state index < -0.39 is 5.25 Å². The van der Waals surface area contributed by atoms with E-state index >= 15 is 0 Å². The van der Waals surface area contributed by atoms with Crippen LogP contribution in [0.4, 0.5) is 11.8 Å². The van der Waals surface area contributed by atoms with Crippen molar-refractivity contribution in [2.24, 2.45) is 0 Å². The largest absolute Gasteiger partial charge is 0.362 e. The third kappa shape index (κ3) is 8.10. The molecule has 1 amide bonds. The smallest absolute Gasteiger partial charge is 0.234 e. The van der Waals surface area contributed by atoms with Gasteiger partial charge in [-0.1, -0.05) is 61.8 Å². The molecule has 7 nitrogen and oxygen atoms in total. The molecule has 3 aromatic carbocycles. The molecule has 0 saturated heterocycles. The van der Waals surface area contributed by atoms with Crippen LogP contribution in [0.3, 0.4) is 0 Å². The molecule has 1 heterocycles. The zero-order valence-corrected chi connectivity index (χ0v) is 27.3. The maximum Gasteiger partial charge on any atom is 0.234 e. The summed E-state index contributed by atoms with van der Waals surface area (Å²) in [6.45, 7) is 4.25. The summed E-state index contributed by atoms with van der Waals surface area (Å²) in [7, 11) is 3.97. The van der Waals surface area contributed by atoms with Crippen molar-refractivity contribution in [3.8, 4) is 0 Å². The summed E-state index contributed by atoms with van der Waals surface area (Å²) in [5.74, 6) is 1.75. The SMILES string of the molecule is CC(C)c1ccc(C(=O)CC(Sc2ccc(Cl)cc2)C(=O)N[C@H]2CC[C@@H](Nc3nc(N(C)C)c4ccccc4n3)CC2)cc1. The first-order valence-corrected chi connectivity index (χ1v) is 16.5. The summed E-state index contributed by atoms with van der Waals surface area (Å²) in [6.07, 6.45) is 3.55. The molecule has 1 aliphatic rings. The molecule has 1 atom stereocenters. The van der Waals surface area contributed by atoms with Crippen molar-refractivity contribution in [1.82, 2.24) is 15.3 Å². The van der Waals surface area contributed by atoms with Crippen molar-refractivity contribution in [3.05, 3.63) is 88.9 Å². The first kappa shape index (κ1) is 31.8. The van der Waals surface area contributed by atoms with Gasteiger partial charge in [0.05, 0.1) is 10.8 Å². The fourth-order valence-corrected chi connectivity index (χ4v) is 6.69. The zero-order chi connectivity index (χ0) is 31.2. The number of amides is 1. The molecule has 1 aromatic heterocycles. The maximum absolute atomic E-state index is 13.6. The number of ketones is 1. The van der Waals surface area contributed by atoms with Gasteiger partial charge in [-0.3, -0.25) is 9.59 Å². The molecule has 1 saturated carbocycles. The van der Waals surface area contributed by atoms with Crippen LogP contribution in [0, 0.1) is 0 Å². The normalized spacial score (nSPS) is 17.3. The Kier molecular flexibility index (Phi) is 10.4. The quantitative estimate of drug-likeness (QED) is 0.130. The van der Waals surface area contributed by atoms with Crippen LogP contribution in [0.15, 0.2) is 77.7 Å². The molecule has 230 valence electrons. The lowest BCUT2D eigenvalue weighted by Gasteiger charge is -2.31. The monoisotopic (exact) mass is 629 g/mol. The Bertz CT molecular complexity index is 1590. The highest BCUT2D eigenvalue weighted by Crippen LogP contribution is 2.30. The number of rotatable bonds is 11. The van der Waals surface area contributed by atoms with Crippen LogP contribution in [0.1, 0.15) is 67.8 Å². The Morgan fingerprint density at radius 2 is 1.57 bits per heavy atom. The van der Waals surface area contributed by atoms with Crippen molar-refractivity contribution < 1.29 is 9.59 Å². The Balaban J connectivity index is 1.22. The number of aromatic nitrogens is 2. The van der Waals surface area contributed by atoms with E-state index in [0.717, 1.165) is 47.3 Å². The second kappa shape index (κ2) is 14.4. The number of halogens is 1. The minimum atomic E-state index is -0.556. The lowest BCUT2D eigenvalue weighted by atomic mass is 9.91. The summed E-state index contributed by atoms with van der Waals surface area (Å²) in [5.41, 5.74) is 2.72. The first-order valence-electron chi connectivity index (χ1n) is 15.2. The molecule has 4 aromatic rings. The van der Waals surface area contributed by atoms with Gasteiger partial charge in [0, 0.05) is 53.5 Å². The number of hydrogen-bond acceptors (Lipinski definition) is 7. The second-order valence-electron chi connectivity index (χ2n) is 11.9. The highest BCUT2D eigenvalue weighted by atomic mass is 35.5. The van der Waals surface area contributed by atoms with Gasteiger partial charge in [-0.25, -0.2) is 4.98 Å². The van der Waals surface area contributed by atoms with Gasteiger partial charge in [0.15, 0.2) is 5.78 Å². The number of anilines is 2. The lowest BCUT2D eigenvalue weighted by molar-refractivity contribution is -0.121. The van der Waals surface area contributed by atoms with E-state index in [1.165, 1.54) is 17.3 Å². The number of hydrogen-bond donors (Lipinski definition) is 2. The van der Waals surface area contributed by atoms with Crippen LogP contribution in [0.5, 0.6) is 0 Å². The molecule has 5 rings (SSSR count). The Labute approximate surface area is 269 Å². The van der Waals surface area contributed by atoms with E-state index in [9.17, 15) is 9.59 Å². The predicted molar refractivity (Wildman–Crippen MR) is 182 cm³/mol. The Morgan fingerprint density at radius 3 is 2.23 bits per heavy atom. The van der Waals surface area contributed by atoms with Crippen LogP contribution in [-0.2, 0) is 4.79 Å². The summed E-state index contributed by atoms with van der Waals surface area (Å²) in [4.78, 5) is 39.4. The van der Waals surface area contributed by atoms with Crippen molar-refractivity contribution >= 4 is 57.7 Å². The molecule has 1 aliphatic carbocycles. The van der Waals surface area contributed by atoms with Crippen LogP contribution in [-0.4, -0.2) is 53.1 Å². The van der Waals surface area contributed by atoms with E-state index in [-0.39, 0.29) is 30.2 Å². The van der Waals surface area contributed by atoms with E-state index in [1.807, 2.05) is 79.7 Å². The van der Waals surface area contributed by atoms with Crippen LogP contribution < -0.4 is 15.5 Å². The zero-order valence-electron chi connectivity index (χ0n) is 25.7. The molecular formula is C35H40ClN5O2S. The molecule has 0 radical (unpaired) electrons. The molecule has 1 unspecified atom stereocenters. The number of fused-ring (bicyclic) bond motifs is 1. The Hall–Kier alpha value is -3.62. The van der Waals surface area contributed by atoms with Crippen molar-refractivity contribution in [3.63, 3.8) is 0 Å². The number of nitrogens with one attached hydrogen (secondary N) is 2. The molecular weight excluding hydrogens is 590 g/mol. The van der Waals surface area contributed by atoms with E-state index in [2.05, 4.69) is 24.5 Å². The molecule has 9 heteroatoms. The number of benzene rings is 3. The van der Waals surface area contributed by atoms with E-state index in [4.69, 9.17) is 21.6 Å². The number of Topliss-reactive ketones (excluding diaryl/α,β-unsaturated/α-hetero) is 1. The molecule has 2 N–H and O–H groups in total. The number of carbonyl (C=O) groups is 2. The average molecular weight is 630 g/mol. The molecule has 0 aliphatic heterocycles. The molecule has 44 heavy (non-hydrogen) atoms. The van der Waals surface area contributed by atoms with Gasteiger partial charge in [0.2, 0.25) is 11.9 Å². The van der Waals surface area contributed by atoms with Crippen LogP contribution in [0.2, 0.25) is 5.02 Å². The first-order chi connectivity index (χ1) is 21.2. The van der Waals surface area contributed by atoms with Crippen molar-refractivity contribution in [1.29, 1.82) is 0 Å². The molecule has 1 fully saturated rings. The Morgan fingerprint density at radius 1 is 0.909 bits per heavy atom. The summed E-state index contributed by atoms with van der Waals surface area (Å²) < 4.78 is 0. The average Bonchev–Trinajstić information content (AvgIpc) is 3.02. The van der Waals surface area contributed by atoms with Crippen molar-refractivity contribution in [2.45, 2.75) is 74.1 Å². The number of para-hydroxylation sites is 1. The second-order valence-corrected chi connectivity index (χ2v) is 13.7. The van der Waals surface area contributed by atoms with Gasteiger partial charge >= 0.3 is 0 Å². The predicted octanol–water partition coefficient (Wildman–Crippen LogP) is 7.75. The van der Waals surface area contributed by atoms with Gasteiger partial charge < -0.3 is 15.5 Å². The standard InChI is InChI=1S/C35H40ClN5O2S/c1-22(2)23-9-11-24(12-10-23)31(42)21-32(44-28-19-13-25(36)14-20-28)34(43)37-26-15-17-27(18-16-26)38-35-39-30-8-6-5-7-29(30)33(40-35)41(3)4/h5-14,19-20,22,26-27,32H,15-18,21H2,1-4H3,(H,37,43)(H,38,39,40)/t26-,27+,32?. The van der Waals surface area contributed by atoms with Gasteiger partial charge in [-0.15, -0.1) is 11.8 Å². The van der Waals surface area contributed by atoms with Gasteiger partial charge in [-0.2, -0.15) is 4.98 Å². The minimum absolute atomic E-state index is 0.0395. The third-order valence-electron chi connectivity index (χ3n) is 8.07. The van der Waals surface area contributed by atoms with Crippen LogP contribution in [0.25, 0.3) is 10.9 Å². The van der Waals surface area contributed by atoms with Gasteiger partial charge in [0.1, 0.15) is 5.82 Å². The number of thioether (sulfide) groups is 1. The number of nitrogens with zero attached hydrogens (tertiary/aromatic N) is 3. The highest BCUT2D eigenvalue weighted by Gasteiger charge is 2.29. The van der Waals surface area contributed by atoms with Crippen LogP contribution >= 0.6 is 23.4 Å². The van der Waals surface area contributed by atoms with Crippen molar-refractivity contribution in [2.75, 3.05) is 24.3 Å². The topological polar surface area (TPSA) is 87.2 Å². The van der Waals surface area contributed by atoms with Gasteiger partial charge in [-0.05, 0) is 73.6 Å². The van der Waals surface area contributed by atoms with E-state index in [0.29, 0.717) is 22.5 Å². The summed E-state index contributed by atoms with van der Waals surface area (Å²) in [5, 5.41) is 7.89. The fraction of sp³-hybridized carbons (Fsp3) is 0.371. The van der Waals surface area contributed by atoms with Gasteiger partial charge in [0.25, 0.3) is 0 Å². The summed E-state index contributed by atoms with van der Waals surface area (Å²) >= 11 is 7.50. The molecule has 0 spiro atoms. The minimum Gasteiger partial charge on any atom is -0.362 e. The lowest BCUT2D eigenvalue weighted by Crippen LogP contribution is -2.44. The summed E-state index contributed by atoms with van der Waals surface area (Å²) in [6, 6.07) is 23.4. The fourth-order valence-electron chi connectivity index (χ4n) is 5.53. The highest BCUT2D eigenvalue weighted by molar-refractivity contribution is 8.00. The number of carbonyl (C=O) groups excluding carboxylic acids is 2. The molecule has 0 bridgehead atoms. The third-order valence-corrected chi connectivity index (χ3v) is 9.53. The van der Waals surface area contributed by atoms with E-state index in [1.54, 1.807) is 12.1 Å². The maximum atomic E-state index is 13.6.